The number of amides is 2. The zero-order chi connectivity index (χ0) is 21.2. The van der Waals surface area contributed by atoms with Crippen molar-refractivity contribution < 1.29 is 14.3 Å². The molecule has 2 amide bonds. The number of nitriles is 1. The SMILES string of the molecule is CCOc1ccc(N(CCC#N)C(=O)CC(NC(C)=O)c2ccc(Cl)cc2)cc1. The van der Waals surface area contributed by atoms with Crippen molar-refractivity contribution in [1.29, 1.82) is 5.26 Å². The summed E-state index contributed by atoms with van der Waals surface area (Å²) in [6.45, 7) is 4.12. The molecule has 1 atom stereocenters. The summed E-state index contributed by atoms with van der Waals surface area (Å²) in [7, 11) is 0. The zero-order valence-corrected chi connectivity index (χ0v) is 17.3. The molecule has 2 aromatic rings. The summed E-state index contributed by atoms with van der Waals surface area (Å²) in [5.74, 6) is 0.279. The average Bonchev–Trinajstić information content (AvgIpc) is 2.69. The normalized spacial score (nSPS) is 11.2. The van der Waals surface area contributed by atoms with Gasteiger partial charge in [-0.1, -0.05) is 23.7 Å². The molecule has 0 aliphatic heterocycles. The Hall–Kier alpha value is -3.04. The predicted octanol–water partition coefficient (Wildman–Crippen LogP) is 4.25. The van der Waals surface area contributed by atoms with Gasteiger partial charge in [0.15, 0.2) is 0 Å². The highest BCUT2D eigenvalue weighted by molar-refractivity contribution is 6.30. The van der Waals surface area contributed by atoms with Gasteiger partial charge in [-0.25, -0.2) is 0 Å². The van der Waals surface area contributed by atoms with E-state index in [0.29, 0.717) is 23.1 Å². The highest BCUT2D eigenvalue weighted by Gasteiger charge is 2.22. The van der Waals surface area contributed by atoms with Crippen LogP contribution in [0.15, 0.2) is 48.5 Å². The largest absolute Gasteiger partial charge is 0.494 e. The summed E-state index contributed by atoms with van der Waals surface area (Å²) in [5, 5.41) is 12.4. The Balaban J connectivity index is 2.24. The molecule has 0 saturated heterocycles. The molecular weight excluding hydrogens is 390 g/mol. The molecule has 0 aliphatic rings. The first-order chi connectivity index (χ1) is 13.9. The van der Waals surface area contributed by atoms with Gasteiger partial charge in [-0.3, -0.25) is 9.59 Å². The second-order valence-corrected chi connectivity index (χ2v) is 6.83. The minimum atomic E-state index is -0.496. The van der Waals surface area contributed by atoms with Crippen molar-refractivity contribution in [2.45, 2.75) is 32.7 Å². The van der Waals surface area contributed by atoms with E-state index in [1.165, 1.54) is 6.92 Å². The van der Waals surface area contributed by atoms with Crippen molar-refractivity contribution >= 4 is 29.1 Å². The lowest BCUT2D eigenvalue weighted by molar-refractivity contribution is -0.121. The molecule has 0 radical (unpaired) electrons. The minimum Gasteiger partial charge on any atom is -0.494 e. The van der Waals surface area contributed by atoms with E-state index < -0.39 is 6.04 Å². The third kappa shape index (κ3) is 6.81. The molecular formula is C22H24ClN3O3. The third-order valence-corrected chi connectivity index (χ3v) is 4.49. The van der Waals surface area contributed by atoms with Gasteiger partial charge in [-0.15, -0.1) is 0 Å². The van der Waals surface area contributed by atoms with Crippen LogP contribution in [-0.2, 0) is 9.59 Å². The standard InChI is InChI=1S/C22H24ClN3O3/c1-3-29-20-11-9-19(10-12-20)26(14-4-13-24)22(28)15-21(25-16(2)27)17-5-7-18(23)8-6-17/h5-12,21H,3-4,14-15H2,1-2H3,(H,25,27). The molecule has 1 N–H and O–H groups in total. The summed E-state index contributed by atoms with van der Waals surface area (Å²) in [6, 6.07) is 15.7. The first-order valence-electron chi connectivity index (χ1n) is 9.37. The van der Waals surface area contributed by atoms with Gasteiger partial charge in [0.1, 0.15) is 5.75 Å². The summed E-state index contributed by atoms with van der Waals surface area (Å²) in [4.78, 5) is 26.3. The molecule has 2 rings (SSSR count). The lowest BCUT2D eigenvalue weighted by Gasteiger charge is -2.25. The molecule has 0 aliphatic carbocycles. The Morgan fingerprint density at radius 1 is 1.17 bits per heavy atom. The molecule has 6 nitrogen and oxygen atoms in total. The minimum absolute atomic E-state index is 0.0554. The topological polar surface area (TPSA) is 82.4 Å². The van der Waals surface area contributed by atoms with Crippen LogP contribution in [0, 0.1) is 11.3 Å². The van der Waals surface area contributed by atoms with Crippen molar-refractivity contribution in [3.8, 4) is 11.8 Å². The Labute approximate surface area is 176 Å². The van der Waals surface area contributed by atoms with E-state index in [-0.39, 0.29) is 31.2 Å². The van der Waals surface area contributed by atoms with E-state index in [4.69, 9.17) is 21.6 Å². The molecule has 2 aromatic carbocycles. The summed E-state index contributed by atoms with van der Waals surface area (Å²) < 4.78 is 5.44. The van der Waals surface area contributed by atoms with Crippen molar-refractivity contribution in [3.05, 3.63) is 59.1 Å². The van der Waals surface area contributed by atoms with Gasteiger partial charge < -0.3 is 15.0 Å². The van der Waals surface area contributed by atoms with Crippen LogP contribution in [-0.4, -0.2) is 25.0 Å². The van der Waals surface area contributed by atoms with Crippen LogP contribution in [0.25, 0.3) is 0 Å². The van der Waals surface area contributed by atoms with E-state index in [1.54, 1.807) is 53.4 Å². The van der Waals surface area contributed by atoms with Crippen LogP contribution in [0.2, 0.25) is 5.02 Å². The van der Waals surface area contributed by atoms with Crippen LogP contribution >= 0.6 is 11.6 Å². The van der Waals surface area contributed by atoms with Crippen molar-refractivity contribution in [2.75, 3.05) is 18.1 Å². The van der Waals surface area contributed by atoms with Gasteiger partial charge in [0, 0.05) is 24.2 Å². The summed E-state index contributed by atoms with van der Waals surface area (Å²) in [6.07, 6.45) is 0.255. The van der Waals surface area contributed by atoms with Crippen molar-refractivity contribution in [3.63, 3.8) is 0 Å². The fourth-order valence-corrected chi connectivity index (χ4v) is 3.05. The van der Waals surface area contributed by atoms with Gasteiger partial charge in [0.25, 0.3) is 0 Å². The Morgan fingerprint density at radius 3 is 2.38 bits per heavy atom. The molecule has 152 valence electrons. The maximum atomic E-state index is 13.1. The summed E-state index contributed by atoms with van der Waals surface area (Å²) in [5.41, 5.74) is 1.45. The van der Waals surface area contributed by atoms with Gasteiger partial charge in [-0.2, -0.15) is 5.26 Å². The highest BCUT2D eigenvalue weighted by atomic mass is 35.5. The molecule has 0 fully saturated rings. The number of carbonyl (C=O) groups excluding carboxylic acids is 2. The van der Waals surface area contributed by atoms with Crippen LogP contribution in [0.5, 0.6) is 5.75 Å². The van der Waals surface area contributed by atoms with E-state index >= 15 is 0 Å². The van der Waals surface area contributed by atoms with Crippen LogP contribution in [0.4, 0.5) is 5.69 Å². The number of benzene rings is 2. The number of hydrogen-bond donors (Lipinski definition) is 1. The number of nitrogens with zero attached hydrogens (tertiary/aromatic N) is 2. The quantitative estimate of drug-likeness (QED) is 0.666. The van der Waals surface area contributed by atoms with Gasteiger partial charge >= 0.3 is 0 Å². The number of ether oxygens (including phenoxy) is 1. The third-order valence-electron chi connectivity index (χ3n) is 4.24. The first-order valence-corrected chi connectivity index (χ1v) is 9.75. The number of rotatable bonds is 9. The zero-order valence-electron chi connectivity index (χ0n) is 16.5. The Morgan fingerprint density at radius 2 is 1.83 bits per heavy atom. The van der Waals surface area contributed by atoms with Crippen molar-refractivity contribution in [1.82, 2.24) is 5.32 Å². The lowest BCUT2D eigenvalue weighted by Crippen LogP contribution is -2.36. The Bertz CT molecular complexity index is 860. The molecule has 1 unspecified atom stereocenters. The number of halogens is 1. The second kappa shape index (κ2) is 11.1. The summed E-state index contributed by atoms with van der Waals surface area (Å²) >= 11 is 5.95. The van der Waals surface area contributed by atoms with Gasteiger partial charge in [0.2, 0.25) is 11.8 Å². The fraction of sp³-hybridized carbons (Fsp3) is 0.318. The van der Waals surface area contributed by atoms with E-state index in [9.17, 15) is 9.59 Å². The second-order valence-electron chi connectivity index (χ2n) is 6.39. The molecule has 0 saturated carbocycles. The maximum absolute atomic E-state index is 13.1. The monoisotopic (exact) mass is 413 g/mol. The van der Waals surface area contributed by atoms with E-state index in [0.717, 1.165) is 5.56 Å². The number of anilines is 1. The molecule has 7 heteroatoms. The van der Waals surface area contributed by atoms with E-state index in [2.05, 4.69) is 11.4 Å². The van der Waals surface area contributed by atoms with Gasteiger partial charge in [0.05, 0.1) is 31.6 Å². The molecule has 0 bridgehead atoms. The predicted molar refractivity (Wildman–Crippen MR) is 113 cm³/mol. The van der Waals surface area contributed by atoms with Crippen LogP contribution in [0.3, 0.4) is 0 Å². The number of hydrogen-bond acceptors (Lipinski definition) is 4. The fourth-order valence-electron chi connectivity index (χ4n) is 2.93. The molecule has 0 heterocycles. The van der Waals surface area contributed by atoms with E-state index in [1.807, 2.05) is 6.92 Å². The number of nitrogens with one attached hydrogen (secondary N) is 1. The first kappa shape index (κ1) is 22.3. The van der Waals surface area contributed by atoms with Crippen LogP contribution in [0.1, 0.15) is 38.3 Å². The maximum Gasteiger partial charge on any atom is 0.229 e. The van der Waals surface area contributed by atoms with Gasteiger partial charge in [-0.05, 0) is 48.9 Å². The molecule has 0 aromatic heterocycles. The smallest absolute Gasteiger partial charge is 0.229 e. The number of carbonyl (C=O) groups is 2. The molecule has 29 heavy (non-hydrogen) atoms. The van der Waals surface area contributed by atoms with Crippen molar-refractivity contribution in [2.24, 2.45) is 0 Å². The molecule has 0 spiro atoms. The van der Waals surface area contributed by atoms with Crippen LogP contribution < -0.4 is 15.0 Å². The lowest BCUT2D eigenvalue weighted by atomic mass is 10.0. The Kier molecular flexibility index (Phi) is 8.50. The highest BCUT2D eigenvalue weighted by Crippen LogP contribution is 2.24. The average molecular weight is 414 g/mol.